The molecule has 0 radical (unpaired) electrons. The highest BCUT2D eigenvalue weighted by molar-refractivity contribution is 5.27. The SMILES string of the molecule is Cc1cccc(C2CCNCC2C2CCCC2)c1. The molecule has 1 heteroatoms. The van der Waals surface area contributed by atoms with E-state index in [9.17, 15) is 0 Å². The summed E-state index contributed by atoms with van der Waals surface area (Å²) in [7, 11) is 0. The van der Waals surface area contributed by atoms with Gasteiger partial charge in [-0.15, -0.1) is 0 Å². The first-order valence-electron chi connectivity index (χ1n) is 7.62. The summed E-state index contributed by atoms with van der Waals surface area (Å²) in [5.74, 6) is 2.65. The second kappa shape index (κ2) is 5.44. The van der Waals surface area contributed by atoms with Crippen molar-refractivity contribution in [1.29, 1.82) is 0 Å². The van der Waals surface area contributed by atoms with Crippen LogP contribution in [0.5, 0.6) is 0 Å². The molecule has 0 spiro atoms. The highest BCUT2D eigenvalue weighted by atomic mass is 14.9. The van der Waals surface area contributed by atoms with Crippen LogP contribution in [0.15, 0.2) is 24.3 Å². The van der Waals surface area contributed by atoms with E-state index in [1.54, 1.807) is 5.56 Å². The van der Waals surface area contributed by atoms with Gasteiger partial charge in [0.2, 0.25) is 0 Å². The van der Waals surface area contributed by atoms with Crippen LogP contribution in [0.1, 0.15) is 49.1 Å². The lowest BCUT2D eigenvalue weighted by atomic mass is 9.73. The summed E-state index contributed by atoms with van der Waals surface area (Å²) in [4.78, 5) is 0. The van der Waals surface area contributed by atoms with Gasteiger partial charge < -0.3 is 5.32 Å². The molecule has 1 aliphatic carbocycles. The summed E-state index contributed by atoms with van der Waals surface area (Å²) in [6.45, 7) is 4.65. The molecule has 1 saturated heterocycles. The van der Waals surface area contributed by atoms with E-state index in [2.05, 4.69) is 36.5 Å². The minimum Gasteiger partial charge on any atom is -0.316 e. The summed E-state index contributed by atoms with van der Waals surface area (Å²) in [5.41, 5.74) is 3.00. The van der Waals surface area contributed by atoms with Crippen LogP contribution in [0.2, 0.25) is 0 Å². The quantitative estimate of drug-likeness (QED) is 0.831. The normalized spacial score (nSPS) is 29.6. The van der Waals surface area contributed by atoms with Gasteiger partial charge in [-0.05, 0) is 49.8 Å². The lowest BCUT2D eigenvalue weighted by molar-refractivity contribution is 0.231. The first kappa shape index (κ1) is 12.2. The van der Waals surface area contributed by atoms with Crippen LogP contribution in [0.4, 0.5) is 0 Å². The van der Waals surface area contributed by atoms with E-state index in [0.29, 0.717) is 0 Å². The molecule has 1 N–H and O–H groups in total. The third-order valence-electron chi connectivity index (χ3n) is 5.00. The highest BCUT2D eigenvalue weighted by Crippen LogP contribution is 2.41. The van der Waals surface area contributed by atoms with Crippen LogP contribution in [0, 0.1) is 18.8 Å². The molecular weight excluding hydrogens is 218 g/mol. The molecular formula is C17H25N. The molecule has 2 atom stereocenters. The van der Waals surface area contributed by atoms with Crippen LogP contribution < -0.4 is 5.32 Å². The first-order valence-corrected chi connectivity index (χ1v) is 7.62. The largest absolute Gasteiger partial charge is 0.316 e. The standard InChI is InChI=1S/C17H25N/c1-13-5-4-8-15(11-13)16-9-10-18-12-17(16)14-6-2-3-7-14/h4-5,8,11,14,16-18H,2-3,6-7,9-10,12H2,1H3. The minimum atomic E-state index is 0.800. The molecule has 3 rings (SSSR count). The molecule has 0 aromatic heterocycles. The van der Waals surface area contributed by atoms with Gasteiger partial charge in [0.15, 0.2) is 0 Å². The van der Waals surface area contributed by atoms with E-state index in [0.717, 1.165) is 17.8 Å². The van der Waals surface area contributed by atoms with E-state index in [-0.39, 0.29) is 0 Å². The van der Waals surface area contributed by atoms with Gasteiger partial charge >= 0.3 is 0 Å². The van der Waals surface area contributed by atoms with Crippen molar-refractivity contribution in [2.24, 2.45) is 11.8 Å². The molecule has 1 aromatic carbocycles. The van der Waals surface area contributed by atoms with Crippen molar-refractivity contribution >= 4 is 0 Å². The smallest absolute Gasteiger partial charge is 0.00120 e. The summed E-state index contributed by atoms with van der Waals surface area (Å²) < 4.78 is 0. The lowest BCUT2D eigenvalue weighted by Gasteiger charge is -2.36. The van der Waals surface area contributed by atoms with Crippen molar-refractivity contribution in [3.63, 3.8) is 0 Å². The summed E-state index contributed by atoms with van der Waals surface area (Å²) in [5, 5.41) is 3.63. The Labute approximate surface area is 111 Å². The van der Waals surface area contributed by atoms with Crippen molar-refractivity contribution in [2.45, 2.75) is 44.9 Å². The van der Waals surface area contributed by atoms with Crippen molar-refractivity contribution in [3.8, 4) is 0 Å². The Morgan fingerprint density at radius 1 is 1.11 bits per heavy atom. The van der Waals surface area contributed by atoms with E-state index < -0.39 is 0 Å². The monoisotopic (exact) mass is 243 g/mol. The van der Waals surface area contributed by atoms with Gasteiger partial charge in [0, 0.05) is 0 Å². The Morgan fingerprint density at radius 2 is 1.94 bits per heavy atom. The number of rotatable bonds is 2. The Balaban J connectivity index is 1.82. The maximum atomic E-state index is 3.63. The number of benzene rings is 1. The maximum absolute atomic E-state index is 3.63. The minimum absolute atomic E-state index is 0.800. The predicted octanol–water partition coefficient (Wildman–Crippen LogP) is 3.88. The molecule has 1 heterocycles. The molecule has 0 amide bonds. The molecule has 0 bridgehead atoms. The van der Waals surface area contributed by atoms with Gasteiger partial charge in [0.05, 0.1) is 0 Å². The average molecular weight is 243 g/mol. The van der Waals surface area contributed by atoms with Crippen LogP contribution in [0.3, 0.4) is 0 Å². The van der Waals surface area contributed by atoms with Gasteiger partial charge in [-0.3, -0.25) is 0 Å². The Hall–Kier alpha value is -0.820. The zero-order valence-corrected chi connectivity index (χ0v) is 11.5. The van der Waals surface area contributed by atoms with Gasteiger partial charge in [-0.25, -0.2) is 0 Å². The van der Waals surface area contributed by atoms with Crippen LogP contribution in [-0.4, -0.2) is 13.1 Å². The molecule has 1 nitrogen and oxygen atoms in total. The maximum Gasteiger partial charge on any atom is -0.00120 e. The van der Waals surface area contributed by atoms with Crippen molar-refractivity contribution in [2.75, 3.05) is 13.1 Å². The summed E-state index contributed by atoms with van der Waals surface area (Å²) in [6, 6.07) is 9.22. The number of hydrogen-bond acceptors (Lipinski definition) is 1. The zero-order valence-electron chi connectivity index (χ0n) is 11.5. The number of hydrogen-bond donors (Lipinski definition) is 1. The van der Waals surface area contributed by atoms with Gasteiger partial charge in [-0.2, -0.15) is 0 Å². The van der Waals surface area contributed by atoms with E-state index in [4.69, 9.17) is 0 Å². The van der Waals surface area contributed by atoms with Gasteiger partial charge in [-0.1, -0.05) is 55.5 Å². The molecule has 1 aromatic rings. The van der Waals surface area contributed by atoms with Crippen molar-refractivity contribution < 1.29 is 0 Å². The number of piperidine rings is 1. The third-order valence-corrected chi connectivity index (χ3v) is 5.00. The predicted molar refractivity (Wildman–Crippen MR) is 76.9 cm³/mol. The second-order valence-corrected chi connectivity index (χ2v) is 6.22. The van der Waals surface area contributed by atoms with E-state index in [1.165, 1.54) is 50.8 Å². The fraction of sp³-hybridized carbons (Fsp3) is 0.647. The van der Waals surface area contributed by atoms with Crippen LogP contribution in [0.25, 0.3) is 0 Å². The van der Waals surface area contributed by atoms with Crippen molar-refractivity contribution in [1.82, 2.24) is 5.32 Å². The number of nitrogens with one attached hydrogen (secondary N) is 1. The molecule has 1 aliphatic heterocycles. The second-order valence-electron chi connectivity index (χ2n) is 6.22. The topological polar surface area (TPSA) is 12.0 Å². The third kappa shape index (κ3) is 2.47. The molecule has 98 valence electrons. The van der Waals surface area contributed by atoms with Gasteiger partial charge in [0.1, 0.15) is 0 Å². The fourth-order valence-electron chi connectivity index (χ4n) is 4.08. The molecule has 2 aliphatic rings. The zero-order chi connectivity index (χ0) is 12.4. The highest BCUT2D eigenvalue weighted by Gasteiger charge is 2.33. The number of aryl methyl sites for hydroxylation is 1. The molecule has 2 unspecified atom stereocenters. The van der Waals surface area contributed by atoms with E-state index in [1.807, 2.05) is 0 Å². The molecule has 1 saturated carbocycles. The molecule has 18 heavy (non-hydrogen) atoms. The lowest BCUT2D eigenvalue weighted by Crippen LogP contribution is -2.38. The van der Waals surface area contributed by atoms with Crippen LogP contribution in [-0.2, 0) is 0 Å². The Kier molecular flexibility index (Phi) is 3.69. The summed E-state index contributed by atoms with van der Waals surface area (Å²) in [6.07, 6.45) is 7.18. The first-order chi connectivity index (χ1) is 8.84. The van der Waals surface area contributed by atoms with Crippen LogP contribution >= 0.6 is 0 Å². The summed E-state index contributed by atoms with van der Waals surface area (Å²) >= 11 is 0. The fourth-order valence-corrected chi connectivity index (χ4v) is 4.08. The van der Waals surface area contributed by atoms with Gasteiger partial charge in [0.25, 0.3) is 0 Å². The average Bonchev–Trinajstić information content (AvgIpc) is 2.92. The Bertz CT molecular complexity index is 392. The van der Waals surface area contributed by atoms with E-state index >= 15 is 0 Å². The molecule has 2 fully saturated rings. The van der Waals surface area contributed by atoms with Crippen molar-refractivity contribution in [3.05, 3.63) is 35.4 Å². The Morgan fingerprint density at radius 3 is 2.72 bits per heavy atom.